The Balaban J connectivity index is 2.58. The molecule has 30 heavy (non-hydrogen) atoms. The molecule has 0 radical (unpaired) electrons. The minimum absolute atomic E-state index is 0.00619. The van der Waals surface area contributed by atoms with Gasteiger partial charge in [0.1, 0.15) is 5.69 Å². The summed E-state index contributed by atoms with van der Waals surface area (Å²) in [6.45, 7) is 9.79. The van der Waals surface area contributed by atoms with Crippen molar-refractivity contribution in [3.8, 4) is 11.5 Å². The molecule has 1 heterocycles. The summed E-state index contributed by atoms with van der Waals surface area (Å²) < 4.78 is 12.1. The molecule has 2 aromatic rings. The van der Waals surface area contributed by atoms with E-state index in [1.165, 1.54) is 12.3 Å². The summed E-state index contributed by atoms with van der Waals surface area (Å²) in [5.74, 6) is 0.290. The Labute approximate surface area is 178 Å². The number of ether oxygens (including phenoxy) is 2. The molecule has 2 rings (SSSR count). The van der Waals surface area contributed by atoms with Gasteiger partial charge in [0.2, 0.25) is 10.5 Å². The van der Waals surface area contributed by atoms with Gasteiger partial charge in [-0.3, -0.25) is 20.0 Å². The highest BCUT2D eigenvalue weighted by Gasteiger charge is 2.23. The molecule has 0 fully saturated rings. The zero-order chi connectivity index (χ0) is 22.5. The van der Waals surface area contributed by atoms with Crippen LogP contribution in [0.3, 0.4) is 0 Å². The van der Waals surface area contributed by atoms with Gasteiger partial charge in [-0.15, -0.1) is 0 Å². The molecule has 0 aliphatic heterocycles. The van der Waals surface area contributed by atoms with E-state index < -0.39 is 15.9 Å². The second kappa shape index (κ2) is 9.61. The van der Waals surface area contributed by atoms with E-state index in [0.29, 0.717) is 25.2 Å². The summed E-state index contributed by atoms with van der Waals surface area (Å²) in [6, 6.07) is 2.87. The summed E-state index contributed by atoms with van der Waals surface area (Å²) in [7, 11) is 0. The number of nitrogens with zero attached hydrogens (tertiary/aromatic N) is 4. The van der Waals surface area contributed by atoms with Gasteiger partial charge in [-0.25, -0.2) is 0 Å². The SMILES string of the molecule is CCCOc1c(OCC)cc(/C=N\n2c(=S)[nH]nc(C(C)(C)C)c2=O)cc1[N+](=O)[O-]. The average Bonchev–Trinajstić information content (AvgIpc) is 2.65. The predicted molar refractivity (Wildman–Crippen MR) is 115 cm³/mol. The summed E-state index contributed by atoms with van der Waals surface area (Å²) in [6.07, 6.45) is 1.99. The summed E-state index contributed by atoms with van der Waals surface area (Å²) in [4.78, 5) is 23.7. The van der Waals surface area contributed by atoms with Crippen LogP contribution in [0.5, 0.6) is 11.5 Å². The first kappa shape index (κ1) is 23.2. The molecule has 0 saturated carbocycles. The van der Waals surface area contributed by atoms with E-state index in [1.54, 1.807) is 13.0 Å². The van der Waals surface area contributed by atoms with E-state index >= 15 is 0 Å². The van der Waals surface area contributed by atoms with Gasteiger partial charge >= 0.3 is 5.69 Å². The molecule has 0 spiro atoms. The van der Waals surface area contributed by atoms with E-state index in [-0.39, 0.29) is 27.7 Å². The number of hydrogen-bond acceptors (Lipinski definition) is 8. The minimum atomic E-state index is -0.548. The fraction of sp³-hybridized carbons (Fsp3) is 0.474. The number of nitro groups is 1. The van der Waals surface area contributed by atoms with E-state index in [0.717, 1.165) is 4.68 Å². The lowest BCUT2D eigenvalue weighted by Crippen LogP contribution is -2.32. The first-order valence-electron chi connectivity index (χ1n) is 9.44. The van der Waals surface area contributed by atoms with Crippen molar-refractivity contribution in [3.05, 3.63) is 48.6 Å². The third kappa shape index (κ3) is 5.29. The maximum absolute atomic E-state index is 12.7. The number of aromatic nitrogens is 3. The molecule has 1 aromatic heterocycles. The Morgan fingerprint density at radius 1 is 1.33 bits per heavy atom. The predicted octanol–water partition coefficient (Wildman–Crippen LogP) is 3.58. The van der Waals surface area contributed by atoms with E-state index in [2.05, 4.69) is 15.3 Å². The number of rotatable bonds is 8. The van der Waals surface area contributed by atoms with Crippen LogP contribution in [0.15, 0.2) is 22.0 Å². The molecule has 0 atom stereocenters. The molecular formula is C19H25N5O5S. The Morgan fingerprint density at radius 3 is 2.60 bits per heavy atom. The van der Waals surface area contributed by atoms with Gasteiger partial charge < -0.3 is 9.47 Å². The fourth-order valence-electron chi connectivity index (χ4n) is 2.54. The molecule has 0 aliphatic carbocycles. The van der Waals surface area contributed by atoms with Crippen LogP contribution in [-0.4, -0.2) is 39.2 Å². The van der Waals surface area contributed by atoms with Gasteiger partial charge in [-0.1, -0.05) is 27.7 Å². The number of benzene rings is 1. The quantitative estimate of drug-likeness (QED) is 0.291. The van der Waals surface area contributed by atoms with Crippen molar-refractivity contribution in [2.24, 2.45) is 5.10 Å². The lowest BCUT2D eigenvalue weighted by molar-refractivity contribution is -0.386. The van der Waals surface area contributed by atoms with Crippen molar-refractivity contribution in [3.63, 3.8) is 0 Å². The third-order valence-corrected chi connectivity index (χ3v) is 4.15. The zero-order valence-corrected chi connectivity index (χ0v) is 18.4. The summed E-state index contributed by atoms with van der Waals surface area (Å²) in [5.41, 5.74) is -0.627. The van der Waals surface area contributed by atoms with Crippen molar-refractivity contribution < 1.29 is 14.4 Å². The maximum atomic E-state index is 12.7. The molecule has 0 amide bonds. The van der Waals surface area contributed by atoms with Crippen LogP contribution >= 0.6 is 12.2 Å². The van der Waals surface area contributed by atoms with Crippen molar-refractivity contribution in [2.45, 2.75) is 46.5 Å². The average molecular weight is 436 g/mol. The normalized spacial score (nSPS) is 11.6. The highest BCUT2D eigenvalue weighted by Crippen LogP contribution is 2.38. The monoisotopic (exact) mass is 435 g/mol. The fourth-order valence-corrected chi connectivity index (χ4v) is 2.72. The molecular weight excluding hydrogens is 410 g/mol. The maximum Gasteiger partial charge on any atom is 0.315 e. The summed E-state index contributed by atoms with van der Waals surface area (Å²) in [5, 5.41) is 22.3. The second-order valence-corrected chi connectivity index (χ2v) is 7.78. The Bertz CT molecular complexity index is 1070. The number of aromatic amines is 1. The zero-order valence-electron chi connectivity index (χ0n) is 17.6. The van der Waals surface area contributed by atoms with E-state index in [1.807, 2.05) is 27.7 Å². The molecule has 1 aromatic carbocycles. The largest absolute Gasteiger partial charge is 0.490 e. The van der Waals surface area contributed by atoms with Crippen molar-refractivity contribution in [1.82, 2.24) is 14.9 Å². The van der Waals surface area contributed by atoms with Crippen LogP contribution in [0.4, 0.5) is 5.69 Å². The standard InChI is InChI=1S/C19H25N5O5S/c1-6-8-29-15-13(24(26)27)9-12(10-14(15)28-7-2)11-20-23-17(25)16(19(3,4)5)21-22-18(23)30/h9-11H,6-8H2,1-5H3,(H,22,30)/b20-11-. The summed E-state index contributed by atoms with van der Waals surface area (Å²) >= 11 is 5.12. The number of H-pyrrole nitrogens is 1. The van der Waals surface area contributed by atoms with Crippen LogP contribution < -0.4 is 15.0 Å². The molecule has 0 aliphatic rings. The molecule has 0 bridgehead atoms. The Kier molecular flexibility index (Phi) is 7.43. The van der Waals surface area contributed by atoms with Crippen molar-refractivity contribution >= 4 is 24.1 Å². The van der Waals surface area contributed by atoms with Crippen molar-refractivity contribution in [1.29, 1.82) is 0 Å². The topological polar surface area (TPSA) is 125 Å². The van der Waals surface area contributed by atoms with E-state index in [9.17, 15) is 14.9 Å². The van der Waals surface area contributed by atoms with Gasteiger partial charge in [0.25, 0.3) is 5.56 Å². The molecule has 1 N–H and O–H groups in total. The van der Waals surface area contributed by atoms with Gasteiger partial charge in [0.05, 0.1) is 24.4 Å². The second-order valence-electron chi connectivity index (χ2n) is 7.39. The number of hydrogen-bond donors (Lipinski definition) is 1. The minimum Gasteiger partial charge on any atom is -0.490 e. The van der Waals surface area contributed by atoms with Gasteiger partial charge in [-0.05, 0) is 31.6 Å². The molecule has 162 valence electrons. The lowest BCUT2D eigenvalue weighted by atomic mass is 9.93. The van der Waals surface area contributed by atoms with Crippen LogP contribution in [0.2, 0.25) is 0 Å². The van der Waals surface area contributed by atoms with Crippen molar-refractivity contribution in [2.75, 3.05) is 13.2 Å². The highest BCUT2D eigenvalue weighted by molar-refractivity contribution is 7.71. The van der Waals surface area contributed by atoms with Crippen LogP contribution in [0.1, 0.15) is 52.3 Å². The Hall–Kier alpha value is -3.08. The molecule has 11 heteroatoms. The van der Waals surface area contributed by atoms with Gasteiger partial charge in [-0.2, -0.15) is 14.9 Å². The van der Waals surface area contributed by atoms with Gasteiger partial charge in [0, 0.05) is 17.0 Å². The molecule has 10 nitrogen and oxygen atoms in total. The van der Waals surface area contributed by atoms with Crippen LogP contribution in [0, 0.1) is 14.9 Å². The lowest BCUT2D eigenvalue weighted by Gasteiger charge is -2.16. The van der Waals surface area contributed by atoms with Crippen LogP contribution in [0.25, 0.3) is 0 Å². The van der Waals surface area contributed by atoms with Gasteiger partial charge in [0.15, 0.2) is 5.75 Å². The third-order valence-electron chi connectivity index (χ3n) is 3.89. The number of nitro benzene ring substituents is 1. The van der Waals surface area contributed by atoms with Crippen LogP contribution in [-0.2, 0) is 5.41 Å². The first-order valence-corrected chi connectivity index (χ1v) is 9.85. The highest BCUT2D eigenvalue weighted by atomic mass is 32.1. The number of nitrogens with one attached hydrogen (secondary N) is 1. The smallest absolute Gasteiger partial charge is 0.315 e. The molecule has 0 saturated heterocycles. The Morgan fingerprint density at radius 2 is 2.03 bits per heavy atom. The molecule has 0 unspecified atom stereocenters. The first-order chi connectivity index (χ1) is 14.1. The van der Waals surface area contributed by atoms with E-state index in [4.69, 9.17) is 21.7 Å².